The van der Waals surface area contributed by atoms with Gasteiger partial charge in [-0.05, 0) is 25.8 Å². The molecule has 1 amide bonds. The molecule has 0 aliphatic carbocycles. The van der Waals surface area contributed by atoms with Crippen molar-refractivity contribution in [2.45, 2.75) is 44.2 Å². The number of benzene rings is 1. The molecule has 3 aliphatic heterocycles. The van der Waals surface area contributed by atoms with Crippen LogP contribution in [-0.4, -0.2) is 60.7 Å². The Morgan fingerprint density at radius 3 is 2.58 bits per heavy atom. The molecule has 1 aromatic rings. The topological polar surface area (TPSA) is 59.1 Å². The molecule has 140 valence electrons. The minimum absolute atomic E-state index is 0.184. The van der Waals surface area contributed by atoms with Gasteiger partial charge < -0.3 is 14.4 Å². The van der Waals surface area contributed by atoms with Crippen molar-refractivity contribution in [1.29, 1.82) is 0 Å². The van der Waals surface area contributed by atoms with E-state index in [4.69, 9.17) is 9.47 Å². The molecule has 6 heteroatoms. The Balaban J connectivity index is 1.35. The number of fused-ring (bicyclic) bond motifs is 2. The van der Waals surface area contributed by atoms with E-state index in [1.54, 1.807) is 4.90 Å². The monoisotopic (exact) mass is 358 g/mol. The minimum atomic E-state index is -0.435. The second-order valence-electron chi connectivity index (χ2n) is 7.38. The summed E-state index contributed by atoms with van der Waals surface area (Å²) in [6.07, 6.45) is 3.43. The Labute approximate surface area is 154 Å². The Morgan fingerprint density at radius 2 is 1.88 bits per heavy atom. The maximum absolute atomic E-state index is 12.2. The zero-order valence-corrected chi connectivity index (χ0v) is 15.3. The first-order valence-electron chi connectivity index (χ1n) is 9.61. The van der Waals surface area contributed by atoms with Gasteiger partial charge >= 0.3 is 12.1 Å². The lowest BCUT2D eigenvalue weighted by molar-refractivity contribution is -0.0529. The lowest BCUT2D eigenvalue weighted by Crippen LogP contribution is -2.51. The largest absolute Gasteiger partial charge is 0.450 e. The zero-order chi connectivity index (χ0) is 18.1. The molecule has 4 rings (SSSR count). The van der Waals surface area contributed by atoms with E-state index in [2.05, 4.69) is 4.90 Å². The molecular weight excluding hydrogens is 332 g/mol. The van der Waals surface area contributed by atoms with Gasteiger partial charge in [0.1, 0.15) is 5.60 Å². The molecule has 3 aliphatic rings. The molecule has 1 aromatic carbocycles. The molecule has 6 nitrogen and oxygen atoms in total. The smallest absolute Gasteiger partial charge is 0.409 e. The standard InChI is InChI=1S/C20H26N2O4/c1-2-25-19(24)22-11-7-15(8-12-22)21-13-9-20(10-14-21)17-6-4-3-5-16(17)18(23)26-20/h3-6,15H,2,7-14H2,1H3. The third-order valence-corrected chi connectivity index (χ3v) is 6.04. The molecule has 0 N–H and O–H groups in total. The number of ether oxygens (including phenoxy) is 2. The van der Waals surface area contributed by atoms with Crippen molar-refractivity contribution < 1.29 is 19.1 Å². The molecule has 0 bridgehead atoms. The molecule has 1 spiro atoms. The van der Waals surface area contributed by atoms with Crippen LogP contribution in [-0.2, 0) is 15.1 Å². The number of likely N-dealkylation sites (tertiary alicyclic amines) is 2. The van der Waals surface area contributed by atoms with Gasteiger partial charge in [0.15, 0.2) is 0 Å². The fraction of sp³-hybridized carbons (Fsp3) is 0.600. The summed E-state index contributed by atoms with van der Waals surface area (Å²) in [7, 11) is 0. The third-order valence-electron chi connectivity index (χ3n) is 6.04. The quantitative estimate of drug-likeness (QED) is 0.761. The van der Waals surface area contributed by atoms with Crippen LogP contribution >= 0.6 is 0 Å². The summed E-state index contributed by atoms with van der Waals surface area (Å²) in [6, 6.07) is 8.27. The summed E-state index contributed by atoms with van der Waals surface area (Å²) >= 11 is 0. The maximum Gasteiger partial charge on any atom is 0.409 e. The van der Waals surface area contributed by atoms with Crippen LogP contribution in [0.15, 0.2) is 24.3 Å². The van der Waals surface area contributed by atoms with E-state index in [9.17, 15) is 9.59 Å². The summed E-state index contributed by atoms with van der Waals surface area (Å²) < 4.78 is 10.9. The van der Waals surface area contributed by atoms with Gasteiger partial charge in [0.2, 0.25) is 0 Å². The number of amides is 1. The van der Waals surface area contributed by atoms with Crippen molar-refractivity contribution in [1.82, 2.24) is 9.80 Å². The van der Waals surface area contributed by atoms with Crippen LogP contribution in [0.5, 0.6) is 0 Å². The van der Waals surface area contributed by atoms with E-state index in [0.717, 1.165) is 63.0 Å². The highest BCUT2D eigenvalue weighted by Crippen LogP contribution is 2.44. The highest BCUT2D eigenvalue weighted by Gasteiger charge is 2.47. The molecule has 0 aromatic heterocycles. The first-order chi connectivity index (χ1) is 12.6. The average Bonchev–Trinajstić information content (AvgIpc) is 2.95. The number of nitrogens with zero attached hydrogens (tertiary/aromatic N) is 2. The van der Waals surface area contributed by atoms with Gasteiger partial charge in [0, 0.05) is 50.6 Å². The molecule has 2 saturated heterocycles. The van der Waals surface area contributed by atoms with Crippen LogP contribution in [0.3, 0.4) is 0 Å². The molecular formula is C20H26N2O4. The molecule has 3 heterocycles. The summed E-state index contributed by atoms with van der Waals surface area (Å²) in [6.45, 7) is 5.61. The van der Waals surface area contributed by atoms with Crippen molar-refractivity contribution in [3.05, 3.63) is 35.4 Å². The normalized spacial score (nSPS) is 23.0. The van der Waals surface area contributed by atoms with Gasteiger partial charge in [-0.3, -0.25) is 4.90 Å². The van der Waals surface area contributed by atoms with Crippen LogP contribution in [0.4, 0.5) is 4.79 Å². The molecule has 0 unspecified atom stereocenters. The Bertz CT molecular complexity index is 689. The van der Waals surface area contributed by atoms with E-state index in [0.29, 0.717) is 12.6 Å². The molecule has 0 radical (unpaired) electrons. The van der Waals surface area contributed by atoms with Crippen LogP contribution in [0.25, 0.3) is 0 Å². The summed E-state index contributed by atoms with van der Waals surface area (Å²) in [5, 5.41) is 0. The number of esters is 1. The summed E-state index contributed by atoms with van der Waals surface area (Å²) in [5.74, 6) is -0.184. The van der Waals surface area contributed by atoms with Gasteiger partial charge in [-0.15, -0.1) is 0 Å². The van der Waals surface area contributed by atoms with Crippen molar-refractivity contribution in [2.24, 2.45) is 0 Å². The van der Waals surface area contributed by atoms with Crippen molar-refractivity contribution in [3.8, 4) is 0 Å². The van der Waals surface area contributed by atoms with Crippen LogP contribution in [0.1, 0.15) is 48.5 Å². The van der Waals surface area contributed by atoms with E-state index >= 15 is 0 Å². The fourth-order valence-corrected chi connectivity index (χ4v) is 4.60. The number of hydrogen-bond donors (Lipinski definition) is 0. The van der Waals surface area contributed by atoms with Crippen LogP contribution in [0, 0.1) is 0 Å². The number of hydrogen-bond acceptors (Lipinski definition) is 5. The lowest BCUT2D eigenvalue weighted by atomic mass is 9.83. The number of carbonyl (C=O) groups is 2. The first-order valence-corrected chi connectivity index (χ1v) is 9.61. The van der Waals surface area contributed by atoms with E-state index < -0.39 is 5.60 Å². The molecule has 26 heavy (non-hydrogen) atoms. The Hall–Kier alpha value is -2.08. The van der Waals surface area contributed by atoms with Gasteiger partial charge in [-0.25, -0.2) is 9.59 Å². The minimum Gasteiger partial charge on any atom is -0.450 e. The van der Waals surface area contributed by atoms with Gasteiger partial charge in [-0.1, -0.05) is 18.2 Å². The zero-order valence-electron chi connectivity index (χ0n) is 15.3. The predicted octanol–water partition coefficient (Wildman–Crippen LogP) is 2.77. The van der Waals surface area contributed by atoms with Crippen LogP contribution in [0.2, 0.25) is 0 Å². The molecule has 0 atom stereocenters. The van der Waals surface area contributed by atoms with E-state index in [-0.39, 0.29) is 12.1 Å². The number of carbonyl (C=O) groups excluding carboxylic acids is 2. The van der Waals surface area contributed by atoms with E-state index in [1.807, 2.05) is 31.2 Å². The van der Waals surface area contributed by atoms with Crippen molar-refractivity contribution >= 4 is 12.1 Å². The Kier molecular flexibility index (Phi) is 4.61. The number of piperidine rings is 2. The van der Waals surface area contributed by atoms with E-state index in [1.165, 1.54) is 0 Å². The van der Waals surface area contributed by atoms with Crippen LogP contribution < -0.4 is 0 Å². The predicted molar refractivity (Wildman–Crippen MR) is 96.0 cm³/mol. The Morgan fingerprint density at radius 1 is 1.19 bits per heavy atom. The number of rotatable bonds is 2. The van der Waals surface area contributed by atoms with Gasteiger partial charge in [-0.2, -0.15) is 0 Å². The van der Waals surface area contributed by atoms with Crippen molar-refractivity contribution in [3.63, 3.8) is 0 Å². The second kappa shape index (κ2) is 6.91. The summed E-state index contributed by atoms with van der Waals surface area (Å²) in [4.78, 5) is 28.3. The maximum atomic E-state index is 12.2. The van der Waals surface area contributed by atoms with Gasteiger partial charge in [0.05, 0.1) is 12.2 Å². The van der Waals surface area contributed by atoms with Gasteiger partial charge in [0.25, 0.3) is 0 Å². The lowest BCUT2D eigenvalue weighted by Gasteiger charge is -2.44. The summed E-state index contributed by atoms with van der Waals surface area (Å²) in [5.41, 5.74) is 1.35. The molecule has 0 saturated carbocycles. The second-order valence-corrected chi connectivity index (χ2v) is 7.38. The fourth-order valence-electron chi connectivity index (χ4n) is 4.60. The average molecular weight is 358 g/mol. The first kappa shape index (κ1) is 17.3. The highest BCUT2D eigenvalue weighted by atomic mass is 16.6. The molecule has 2 fully saturated rings. The SMILES string of the molecule is CCOC(=O)N1CCC(N2CCC3(CC2)OC(=O)c2ccccc23)CC1. The van der Waals surface area contributed by atoms with Crippen molar-refractivity contribution in [2.75, 3.05) is 32.8 Å². The third kappa shape index (κ3) is 2.96. The highest BCUT2D eigenvalue weighted by molar-refractivity contribution is 5.94.